The van der Waals surface area contributed by atoms with Crippen LogP contribution >= 0.6 is 0 Å². The number of carbonyl (C=O) groups is 1. The van der Waals surface area contributed by atoms with Gasteiger partial charge in [0.05, 0.1) is 0 Å². The number of hydrogen-bond acceptors (Lipinski definition) is 4. The molecule has 0 radical (unpaired) electrons. The first-order valence-corrected chi connectivity index (χ1v) is 8.47. The lowest BCUT2D eigenvalue weighted by Crippen LogP contribution is -2.45. The van der Waals surface area contributed by atoms with Gasteiger partial charge in [0.2, 0.25) is 0 Å². The highest BCUT2D eigenvalue weighted by atomic mass is 16.5. The molecule has 1 aliphatic heterocycles. The van der Waals surface area contributed by atoms with Crippen molar-refractivity contribution in [1.82, 2.24) is 19.7 Å². The fourth-order valence-corrected chi connectivity index (χ4v) is 3.12. The first-order chi connectivity index (χ1) is 11.6. The van der Waals surface area contributed by atoms with E-state index in [1.807, 2.05) is 53.8 Å². The smallest absolute Gasteiger partial charge is 0.263 e. The number of carbonyl (C=O) groups excluding carboxylic acids is 1. The summed E-state index contributed by atoms with van der Waals surface area (Å²) >= 11 is 0. The number of amides is 1. The Bertz CT molecular complexity index is 663. The predicted molar refractivity (Wildman–Crippen MR) is 90.5 cm³/mol. The average Bonchev–Trinajstić information content (AvgIpc) is 3.00. The van der Waals surface area contributed by atoms with Crippen LogP contribution < -0.4 is 4.74 Å². The second-order valence-corrected chi connectivity index (χ2v) is 6.40. The van der Waals surface area contributed by atoms with E-state index in [-0.39, 0.29) is 5.91 Å². The number of para-hydroxylation sites is 1. The second kappa shape index (κ2) is 7.47. The van der Waals surface area contributed by atoms with Gasteiger partial charge >= 0.3 is 0 Å². The molecule has 6 nitrogen and oxygen atoms in total. The van der Waals surface area contributed by atoms with Crippen molar-refractivity contribution in [1.29, 1.82) is 0 Å². The van der Waals surface area contributed by atoms with E-state index in [9.17, 15) is 4.79 Å². The minimum Gasteiger partial charge on any atom is -0.481 e. The number of hydrogen-bond donors (Lipinski definition) is 0. The monoisotopic (exact) mass is 328 g/mol. The summed E-state index contributed by atoms with van der Waals surface area (Å²) < 4.78 is 7.71. The van der Waals surface area contributed by atoms with E-state index in [4.69, 9.17) is 4.74 Å². The number of nitrogens with zero attached hydrogens (tertiary/aromatic N) is 4. The van der Waals surface area contributed by atoms with E-state index in [1.54, 1.807) is 6.33 Å². The Balaban J connectivity index is 1.49. The molecule has 3 rings (SSSR count). The summed E-state index contributed by atoms with van der Waals surface area (Å²) in [6.45, 7) is 3.38. The molecule has 0 N–H and O–H groups in total. The Kier molecular flexibility index (Phi) is 5.13. The van der Waals surface area contributed by atoms with Crippen LogP contribution in [-0.4, -0.2) is 44.8 Å². The van der Waals surface area contributed by atoms with Crippen LogP contribution in [0.4, 0.5) is 0 Å². The molecule has 0 spiro atoms. The quantitative estimate of drug-likeness (QED) is 0.843. The van der Waals surface area contributed by atoms with Crippen molar-refractivity contribution in [3.05, 3.63) is 42.5 Å². The van der Waals surface area contributed by atoms with Gasteiger partial charge in [-0.2, -0.15) is 0 Å². The number of ether oxygens (including phenoxy) is 1. The van der Waals surface area contributed by atoms with Gasteiger partial charge in [-0.05, 0) is 37.8 Å². The molecular formula is C18H24N4O2. The average molecular weight is 328 g/mol. The summed E-state index contributed by atoms with van der Waals surface area (Å²) in [6.07, 6.45) is 4.20. The maximum absolute atomic E-state index is 12.6. The first kappa shape index (κ1) is 16.5. The minimum atomic E-state index is -0.456. The van der Waals surface area contributed by atoms with Gasteiger partial charge in [-0.25, -0.2) is 0 Å². The van der Waals surface area contributed by atoms with Crippen molar-refractivity contribution in [2.45, 2.75) is 32.3 Å². The second-order valence-electron chi connectivity index (χ2n) is 6.40. The molecule has 128 valence electrons. The lowest BCUT2D eigenvalue weighted by Gasteiger charge is -2.33. The Hall–Kier alpha value is -2.37. The van der Waals surface area contributed by atoms with Gasteiger partial charge in [-0.15, -0.1) is 10.2 Å². The lowest BCUT2D eigenvalue weighted by atomic mass is 9.93. The molecule has 24 heavy (non-hydrogen) atoms. The molecule has 1 aromatic heterocycles. The molecule has 6 heteroatoms. The van der Waals surface area contributed by atoms with Crippen LogP contribution in [0.15, 0.2) is 36.7 Å². The zero-order valence-corrected chi connectivity index (χ0v) is 14.3. The molecule has 0 unspecified atom stereocenters. The zero-order chi connectivity index (χ0) is 16.9. The highest BCUT2D eigenvalue weighted by Gasteiger charge is 2.27. The van der Waals surface area contributed by atoms with Crippen LogP contribution in [0.5, 0.6) is 5.75 Å². The highest BCUT2D eigenvalue weighted by molar-refractivity contribution is 5.81. The van der Waals surface area contributed by atoms with Gasteiger partial charge in [-0.1, -0.05) is 18.2 Å². The number of rotatable bonds is 5. The van der Waals surface area contributed by atoms with Crippen molar-refractivity contribution >= 4 is 5.91 Å². The van der Waals surface area contributed by atoms with E-state index in [0.29, 0.717) is 5.92 Å². The third kappa shape index (κ3) is 3.93. The summed E-state index contributed by atoms with van der Waals surface area (Å²) in [5, 5.41) is 8.08. The van der Waals surface area contributed by atoms with Gasteiger partial charge in [-0.3, -0.25) is 4.79 Å². The van der Waals surface area contributed by atoms with Crippen LogP contribution in [0.1, 0.15) is 25.6 Å². The van der Waals surface area contributed by atoms with Gasteiger partial charge in [0.1, 0.15) is 17.9 Å². The third-order valence-electron chi connectivity index (χ3n) is 4.61. The molecule has 2 heterocycles. The van der Waals surface area contributed by atoms with Crippen molar-refractivity contribution in [3.63, 3.8) is 0 Å². The number of piperidine rings is 1. The normalized spacial score (nSPS) is 16.8. The molecule has 1 saturated heterocycles. The Labute approximate surface area is 142 Å². The Morgan fingerprint density at radius 3 is 2.62 bits per heavy atom. The molecule has 2 aromatic rings. The van der Waals surface area contributed by atoms with E-state index < -0.39 is 6.10 Å². The maximum atomic E-state index is 12.6. The van der Waals surface area contributed by atoms with Crippen LogP contribution in [0.25, 0.3) is 0 Å². The fraction of sp³-hybridized carbons (Fsp3) is 0.500. The number of benzene rings is 1. The van der Waals surface area contributed by atoms with Crippen LogP contribution in [-0.2, 0) is 18.3 Å². The molecule has 1 aromatic carbocycles. The molecule has 1 fully saturated rings. The van der Waals surface area contributed by atoms with Crippen LogP contribution in [0.3, 0.4) is 0 Å². The summed E-state index contributed by atoms with van der Waals surface area (Å²) in [6, 6.07) is 9.49. The van der Waals surface area contributed by atoms with E-state index in [2.05, 4.69) is 10.2 Å². The zero-order valence-electron chi connectivity index (χ0n) is 14.3. The molecule has 0 saturated carbocycles. The van der Waals surface area contributed by atoms with Gasteiger partial charge in [0.25, 0.3) is 5.91 Å². The summed E-state index contributed by atoms with van der Waals surface area (Å²) in [5.41, 5.74) is 0. The van der Waals surface area contributed by atoms with Gasteiger partial charge in [0.15, 0.2) is 6.10 Å². The number of aromatic nitrogens is 3. The van der Waals surface area contributed by atoms with Crippen molar-refractivity contribution in [2.24, 2.45) is 13.0 Å². The van der Waals surface area contributed by atoms with E-state index >= 15 is 0 Å². The molecular weight excluding hydrogens is 304 g/mol. The Morgan fingerprint density at radius 2 is 2.00 bits per heavy atom. The SMILES string of the molecule is C[C@H](Oc1ccccc1)C(=O)N1CCC(Cc2nncn2C)CC1. The van der Waals surface area contributed by atoms with E-state index in [1.165, 1.54) is 0 Å². The molecule has 1 atom stereocenters. The molecule has 0 aliphatic carbocycles. The standard InChI is InChI=1S/C18H24N4O2/c1-14(24-16-6-4-3-5-7-16)18(23)22-10-8-15(9-11-22)12-17-20-19-13-21(17)2/h3-7,13-15H,8-12H2,1-2H3/t14-/m0/s1. The summed E-state index contributed by atoms with van der Waals surface area (Å²) in [4.78, 5) is 14.5. The van der Waals surface area contributed by atoms with Crippen LogP contribution in [0, 0.1) is 5.92 Å². The van der Waals surface area contributed by atoms with Crippen molar-refractivity contribution in [3.8, 4) is 5.75 Å². The van der Waals surface area contributed by atoms with Crippen molar-refractivity contribution in [2.75, 3.05) is 13.1 Å². The highest BCUT2D eigenvalue weighted by Crippen LogP contribution is 2.22. The Morgan fingerprint density at radius 1 is 1.29 bits per heavy atom. The summed E-state index contributed by atoms with van der Waals surface area (Å²) in [7, 11) is 1.97. The maximum Gasteiger partial charge on any atom is 0.263 e. The van der Waals surface area contributed by atoms with Gasteiger partial charge in [0, 0.05) is 26.6 Å². The lowest BCUT2D eigenvalue weighted by molar-refractivity contribution is -0.139. The fourth-order valence-electron chi connectivity index (χ4n) is 3.12. The molecule has 0 bridgehead atoms. The molecule has 1 amide bonds. The third-order valence-corrected chi connectivity index (χ3v) is 4.61. The topological polar surface area (TPSA) is 60.2 Å². The predicted octanol–water partition coefficient (Wildman–Crippen LogP) is 2.06. The van der Waals surface area contributed by atoms with Gasteiger partial charge < -0.3 is 14.2 Å². The molecule has 1 aliphatic rings. The first-order valence-electron chi connectivity index (χ1n) is 8.47. The largest absolute Gasteiger partial charge is 0.481 e. The number of aryl methyl sites for hydroxylation is 1. The van der Waals surface area contributed by atoms with Crippen molar-refractivity contribution < 1.29 is 9.53 Å². The number of likely N-dealkylation sites (tertiary alicyclic amines) is 1. The van der Waals surface area contributed by atoms with E-state index in [0.717, 1.165) is 43.9 Å². The van der Waals surface area contributed by atoms with Crippen LogP contribution in [0.2, 0.25) is 0 Å². The minimum absolute atomic E-state index is 0.0657. The summed E-state index contributed by atoms with van der Waals surface area (Å²) in [5.74, 6) is 2.37.